The van der Waals surface area contributed by atoms with Crippen LogP contribution < -0.4 is 15.5 Å². The summed E-state index contributed by atoms with van der Waals surface area (Å²) in [4.78, 5) is 34.7. The predicted octanol–water partition coefficient (Wildman–Crippen LogP) is 3.06. The van der Waals surface area contributed by atoms with Crippen molar-refractivity contribution < 1.29 is 14.3 Å². The molecule has 0 saturated carbocycles. The van der Waals surface area contributed by atoms with Gasteiger partial charge in [0.2, 0.25) is 0 Å². The zero-order valence-corrected chi connectivity index (χ0v) is 16.4. The van der Waals surface area contributed by atoms with Gasteiger partial charge in [-0.05, 0) is 60.7 Å². The zero-order chi connectivity index (χ0) is 20.4. The summed E-state index contributed by atoms with van der Waals surface area (Å²) >= 11 is 0.890. The summed E-state index contributed by atoms with van der Waals surface area (Å²) in [7, 11) is 0. The molecule has 0 bridgehead atoms. The van der Waals surface area contributed by atoms with Crippen molar-refractivity contribution in [3.63, 3.8) is 0 Å². The molecule has 0 aromatic heterocycles. The Morgan fingerprint density at radius 2 is 1.93 bits per heavy atom. The number of carbonyl (C=O) groups is 2. The highest BCUT2D eigenvalue weighted by atomic mass is 32.2. The van der Waals surface area contributed by atoms with Crippen molar-refractivity contribution in [2.75, 3.05) is 6.61 Å². The molecule has 2 heterocycles. The lowest BCUT2D eigenvalue weighted by Crippen LogP contribution is -2.17. The number of imide groups is 1. The van der Waals surface area contributed by atoms with Gasteiger partial charge >= 0.3 is 0 Å². The number of hydrogen-bond acceptors (Lipinski definition) is 6. The van der Waals surface area contributed by atoms with Crippen LogP contribution in [0.1, 0.15) is 11.3 Å². The van der Waals surface area contributed by atoms with Crippen LogP contribution in [-0.4, -0.2) is 27.5 Å². The topological polar surface area (TPSA) is 90.3 Å². The molecule has 0 unspecified atom stereocenters. The number of benzene rings is 2. The lowest BCUT2D eigenvalue weighted by Gasteiger charge is -2.13. The fourth-order valence-electron chi connectivity index (χ4n) is 3.00. The van der Waals surface area contributed by atoms with Crippen molar-refractivity contribution in [3.05, 3.63) is 75.0 Å². The van der Waals surface area contributed by atoms with E-state index < -0.39 is 0 Å². The second kappa shape index (κ2) is 7.92. The molecule has 0 atom stereocenters. The zero-order valence-electron chi connectivity index (χ0n) is 15.5. The molecule has 1 fully saturated rings. The molecular formula is C21H17N3O4S. The lowest BCUT2D eigenvalue weighted by molar-refractivity contribution is -0.115. The second-order valence-corrected chi connectivity index (χ2v) is 7.51. The number of fused-ring (bicyclic) bond motifs is 1. The number of hydrogen-bond donors (Lipinski definition) is 1. The van der Waals surface area contributed by atoms with Crippen LogP contribution in [0.5, 0.6) is 5.75 Å². The summed E-state index contributed by atoms with van der Waals surface area (Å²) in [5.41, 5.74) is 3.40. The van der Waals surface area contributed by atoms with Crippen LogP contribution in [0.4, 0.5) is 4.79 Å². The van der Waals surface area contributed by atoms with E-state index in [9.17, 15) is 14.4 Å². The molecule has 8 heteroatoms. The monoisotopic (exact) mass is 407 g/mol. The Morgan fingerprint density at radius 1 is 1.14 bits per heavy atom. The van der Waals surface area contributed by atoms with Crippen molar-refractivity contribution in [2.45, 2.75) is 13.5 Å². The molecule has 29 heavy (non-hydrogen) atoms. The Bertz CT molecular complexity index is 1150. The minimum absolute atomic E-state index is 0.0265. The van der Waals surface area contributed by atoms with E-state index in [1.807, 2.05) is 37.4 Å². The van der Waals surface area contributed by atoms with Crippen LogP contribution in [0.25, 0.3) is 17.2 Å². The Balaban J connectivity index is 1.38. The summed E-state index contributed by atoms with van der Waals surface area (Å²) in [5, 5.41) is 6.35. The third kappa shape index (κ3) is 4.38. The number of carbonyl (C=O) groups excluding carboxylic acids is 2. The van der Waals surface area contributed by atoms with Crippen molar-refractivity contribution in [1.82, 2.24) is 15.1 Å². The van der Waals surface area contributed by atoms with Gasteiger partial charge in [0, 0.05) is 17.3 Å². The van der Waals surface area contributed by atoms with Gasteiger partial charge in [-0.15, -0.1) is 0 Å². The van der Waals surface area contributed by atoms with Crippen LogP contribution in [0.3, 0.4) is 0 Å². The molecule has 7 nitrogen and oxygen atoms in total. The molecule has 2 amide bonds. The number of aromatic nitrogens is 2. The molecule has 2 aliphatic heterocycles. The lowest BCUT2D eigenvalue weighted by atomic mass is 10.1. The van der Waals surface area contributed by atoms with E-state index in [4.69, 9.17) is 4.74 Å². The van der Waals surface area contributed by atoms with Gasteiger partial charge in [0.15, 0.2) is 5.43 Å². The van der Waals surface area contributed by atoms with Gasteiger partial charge in [0.05, 0.1) is 17.1 Å². The summed E-state index contributed by atoms with van der Waals surface area (Å²) < 4.78 is 7.57. The van der Waals surface area contributed by atoms with Gasteiger partial charge in [0.1, 0.15) is 12.4 Å². The quantitative estimate of drug-likeness (QED) is 0.654. The van der Waals surface area contributed by atoms with Gasteiger partial charge in [-0.2, -0.15) is 5.10 Å². The Morgan fingerprint density at radius 3 is 2.66 bits per heavy atom. The van der Waals surface area contributed by atoms with Gasteiger partial charge < -0.3 is 4.74 Å². The van der Waals surface area contributed by atoms with Crippen LogP contribution in [0.15, 0.2) is 58.4 Å². The fourth-order valence-corrected chi connectivity index (χ4v) is 3.68. The normalized spacial score (nSPS) is 15.1. The molecule has 0 radical (unpaired) electrons. The van der Waals surface area contributed by atoms with Crippen molar-refractivity contribution >= 4 is 29.0 Å². The van der Waals surface area contributed by atoms with E-state index in [1.54, 1.807) is 29.0 Å². The number of nitrogens with zero attached hydrogens (tertiary/aromatic N) is 2. The molecule has 1 aliphatic carbocycles. The first kappa shape index (κ1) is 18.9. The largest absolute Gasteiger partial charge is 0.492 e. The number of amides is 2. The summed E-state index contributed by atoms with van der Waals surface area (Å²) in [6, 6.07) is 12.2. The minimum Gasteiger partial charge on any atom is -0.492 e. The molecule has 1 N–H and O–H groups in total. The number of ether oxygens (including phenoxy) is 1. The fraction of sp³-hybridized carbons (Fsp3) is 0.143. The predicted molar refractivity (Wildman–Crippen MR) is 111 cm³/mol. The molecule has 146 valence electrons. The van der Waals surface area contributed by atoms with E-state index in [1.165, 1.54) is 0 Å². The second-order valence-electron chi connectivity index (χ2n) is 6.50. The Kier molecular flexibility index (Phi) is 5.18. The van der Waals surface area contributed by atoms with E-state index in [0.29, 0.717) is 23.8 Å². The number of nitrogens with one attached hydrogen (secondary N) is 1. The van der Waals surface area contributed by atoms with Crippen LogP contribution in [0.2, 0.25) is 0 Å². The van der Waals surface area contributed by atoms with E-state index >= 15 is 0 Å². The maximum Gasteiger partial charge on any atom is 0.290 e. The SMILES string of the molecule is Cc1nn(CCOc2ccc(C=C3SC(=O)NC3=O)cc2)cc2ccc(=O)cc1-2. The molecule has 1 aromatic rings. The van der Waals surface area contributed by atoms with Gasteiger partial charge in [-0.25, -0.2) is 0 Å². The first-order valence-electron chi connectivity index (χ1n) is 8.94. The van der Waals surface area contributed by atoms with E-state index in [-0.39, 0.29) is 16.6 Å². The summed E-state index contributed by atoms with van der Waals surface area (Å²) in [5.74, 6) is 0.322. The molecule has 0 spiro atoms. The van der Waals surface area contributed by atoms with Crippen molar-refractivity contribution in [1.29, 1.82) is 0 Å². The summed E-state index contributed by atoms with van der Waals surface area (Å²) in [6.45, 7) is 2.86. The Hall–Kier alpha value is -3.39. The van der Waals surface area contributed by atoms with E-state index in [2.05, 4.69) is 10.4 Å². The van der Waals surface area contributed by atoms with Crippen molar-refractivity contribution in [3.8, 4) is 16.9 Å². The average molecular weight is 407 g/mol. The van der Waals surface area contributed by atoms with Gasteiger partial charge in [-0.3, -0.25) is 24.4 Å². The van der Waals surface area contributed by atoms with Crippen LogP contribution in [-0.2, 0) is 11.3 Å². The van der Waals surface area contributed by atoms with Gasteiger partial charge in [0.25, 0.3) is 11.1 Å². The molecular weight excluding hydrogens is 390 g/mol. The highest BCUT2D eigenvalue weighted by Crippen LogP contribution is 2.26. The Labute approximate surface area is 170 Å². The number of rotatable bonds is 5. The van der Waals surface area contributed by atoms with Crippen LogP contribution in [0, 0.1) is 6.92 Å². The average Bonchev–Trinajstić information content (AvgIpc) is 3.01. The molecule has 1 saturated heterocycles. The highest BCUT2D eigenvalue weighted by molar-refractivity contribution is 8.18. The smallest absolute Gasteiger partial charge is 0.290 e. The molecule has 4 rings (SSSR count). The first-order chi connectivity index (χ1) is 14.0. The third-order valence-corrected chi connectivity index (χ3v) is 5.20. The van der Waals surface area contributed by atoms with Crippen LogP contribution >= 0.6 is 11.8 Å². The summed E-state index contributed by atoms with van der Waals surface area (Å²) in [6.07, 6.45) is 3.56. The van der Waals surface area contributed by atoms with Crippen molar-refractivity contribution in [2.24, 2.45) is 0 Å². The maximum absolute atomic E-state index is 11.6. The number of aryl methyl sites for hydroxylation is 1. The number of thioether (sulfide) groups is 1. The maximum atomic E-state index is 11.6. The molecule has 1 aromatic carbocycles. The third-order valence-electron chi connectivity index (χ3n) is 4.39. The van der Waals surface area contributed by atoms with E-state index in [0.717, 1.165) is 34.1 Å². The van der Waals surface area contributed by atoms with Gasteiger partial charge in [-0.1, -0.05) is 12.1 Å². The molecule has 3 aliphatic rings. The highest BCUT2D eigenvalue weighted by Gasteiger charge is 2.24. The standard InChI is InChI=1S/C21H17N3O4S/c1-13-18-11-16(25)5-4-15(18)12-24(23-13)8-9-28-17-6-2-14(3-7-17)10-19-20(26)22-21(27)29-19/h2-7,10-12H,8-9H2,1H3,(H,22,26,27). The first-order valence-corrected chi connectivity index (χ1v) is 9.75. The minimum atomic E-state index is -0.373.